The maximum absolute atomic E-state index is 13.4. The lowest BCUT2D eigenvalue weighted by molar-refractivity contribution is -0.144. The summed E-state index contributed by atoms with van der Waals surface area (Å²) in [5, 5.41) is 2.65. The number of rotatable bonds is 9. The molecular formula is C24H28N2O4. The van der Waals surface area contributed by atoms with Crippen LogP contribution in [0.3, 0.4) is 0 Å². The van der Waals surface area contributed by atoms with Crippen molar-refractivity contribution in [2.75, 3.05) is 13.2 Å². The molecule has 0 aliphatic heterocycles. The Labute approximate surface area is 177 Å². The Bertz CT molecular complexity index is 906. The molecule has 0 unspecified atom stereocenters. The van der Waals surface area contributed by atoms with Gasteiger partial charge in [-0.2, -0.15) is 0 Å². The van der Waals surface area contributed by atoms with Crippen molar-refractivity contribution >= 4 is 23.9 Å². The zero-order valence-corrected chi connectivity index (χ0v) is 17.7. The number of ether oxygens (including phenoxy) is 1. The molecule has 30 heavy (non-hydrogen) atoms. The molecular weight excluding hydrogens is 380 g/mol. The molecule has 158 valence electrons. The molecule has 0 bridgehead atoms. The number of carbonyl (C=O) groups excluding carboxylic acids is 3. The number of benzene rings is 2. The van der Waals surface area contributed by atoms with Gasteiger partial charge in [0.1, 0.15) is 5.70 Å². The molecule has 2 aromatic carbocycles. The van der Waals surface area contributed by atoms with Crippen molar-refractivity contribution in [2.24, 2.45) is 0 Å². The summed E-state index contributed by atoms with van der Waals surface area (Å²) in [6.07, 6.45) is 1.74. The third-order valence-electron chi connectivity index (χ3n) is 4.42. The van der Waals surface area contributed by atoms with Crippen molar-refractivity contribution in [2.45, 2.75) is 33.7 Å². The summed E-state index contributed by atoms with van der Waals surface area (Å²) in [5.41, 5.74) is 2.90. The van der Waals surface area contributed by atoms with Gasteiger partial charge < -0.3 is 15.0 Å². The van der Waals surface area contributed by atoms with E-state index >= 15 is 0 Å². The standard InChI is InChI=1S/C24H28N2O4/c1-4-30-23(28)14-15-26(17-20-11-6-5-7-12-20)24(29)22(25-19(3)27)16-21-13-9-8-10-18(21)2/h5-13,16H,4,14-15,17H2,1-3H3,(H,25,27)/b22-16-. The topological polar surface area (TPSA) is 75.7 Å². The van der Waals surface area contributed by atoms with Crippen LogP contribution in [0.5, 0.6) is 0 Å². The third-order valence-corrected chi connectivity index (χ3v) is 4.42. The van der Waals surface area contributed by atoms with Crippen LogP contribution in [0.1, 0.15) is 37.0 Å². The summed E-state index contributed by atoms with van der Waals surface area (Å²) in [4.78, 5) is 38.5. The Morgan fingerprint density at radius 2 is 1.70 bits per heavy atom. The minimum Gasteiger partial charge on any atom is -0.466 e. The number of hydrogen-bond acceptors (Lipinski definition) is 4. The van der Waals surface area contributed by atoms with E-state index in [0.717, 1.165) is 16.7 Å². The minimum atomic E-state index is -0.368. The van der Waals surface area contributed by atoms with Gasteiger partial charge in [-0.1, -0.05) is 54.6 Å². The normalized spacial score (nSPS) is 11.0. The SMILES string of the molecule is CCOC(=O)CCN(Cc1ccccc1)C(=O)/C(=C/c1ccccc1C)NC(C)=O. The third kappa shape index (κ3) is 7.20. The lowest BCUT2D eigenvalue weighted by Crippen LogP contribution is -2.38. The molecule has 0 aromatic heterocycles. The van der Waals surface area contributed by atoms with Crippen LogP contribution in [0.25, 0.3) is 6.08 Å². The summed E-state index contributed by atoms with van der Waals surface area (Å²) in [5.74, 6) is -1.07. The summed E-state index contributed by atoms with van der Waals surface area (Å²) >= 11 is 0. The summed E-state index contributed by atoms with van der Waals surface area (Å²) in [6.45, 7) is 5.81. The number of amides is 2. The Hall–Kier alpha value is -3.41. The van der Waals surface area contributed by atoms with E-state index in [-0.39, 0.29) is 43.1 Å². The smallest absolute Gasteiger partial charge is 0.307 e. The van der Waals surface area contributed by atoms with E-state index in [9.17, 15) is 14.4 Å². The fraction of sp³-hybridized carbons (Fsp3) is 0.292. The largest absolute Gasteiger partial charge is 0.466 e. The van der Waals surface area contributed by atoms with Crippen molar-refractivity contribution in [3.8, 4) is 0 Å². The monoisotopic (exact) mass is 408 g/mol. The molecule has 0 atom stereocenters. The molecule has 6 nitrogen and oxygen atoms in total. The van der Waals surface area contributed by atoms with Crippen LogP contribution in [-0.2, 0) is 25.7 Å². The summed E-state index contributed by atoms with van der Waals surface area (Å²) in [6, 6.07) is 17.1. The van der Waals surface area contributed by atoms with Gasteiger partial charge >= 0.3 is 5.97 Å². The Balaban J connectivity index is 2.33. The first-order valence-electron chi connectivity index (χ1n) is 9.94. The molecule has 1 N–H and O–H groups in total. The maximum atomic E-state index is 13.4. The zero-order valence-electron chi connectivity index (χ0n) is 17.7. The van der Waals surface area contributed by atoms with Crippen molar-refractivity contribution in [3.05, 3.63) is 77.0 Å². The average molecular weight is 408 g/mol. The van der Waals surface area contributed by atoms with Crippen LogP contribution in [0.4, 0.5) is 0 Å². The highest BCUT2D eigenvalue weighted by molar-refractivity contribution is 6.01. The summed E-state index contributed by atoms with van der Waals surface area (Å²) in [7, 11) is 0. The van der Waals surface area contributed by atoms with Crippen molar-refractivity contribution < 1.29 is 19.1 Å². The van der Waals surface area contributed by atoms with Crippen LogP contribution < -0.4 is 5.32 Å². The molecule has 6 heteroatoms. The number of carbonyl (C=O) groups is 3. The van der Waals surface area contributed by atoms with Gasteiger partial charge in [0.15, 0.2) is 0 Å². The van der Waals surface area contributed by atoms with Gasteiger partial charge in [-0.25, -0.2) is 0 Å². The Morgan fingerprint density at radius 3 is 2.33 bits per heavy atom. The molecule has 2 aromatic rings. The van der Waals surface area contributed by atoms with Gasteiger partial charge in [-0.15, -0.1) is 0 Å². The van der Waals surface area contributed by atoms with Gasteiger partial charge in [0.05, 0.1) is 13.0 Å². The first kappa shape index (κ1) is 22.9. The Morgan fingerprint density at radius 1 is 1.03 bits per heavy atom. The van der Waals surface area contributed by atoms with Crippen LogP contribution in [0.2, 0.25) is 0 Å². The van der Waals surface area contributed by atoms with E-state index in [1.54, 1.807) is 17.9 Å². The second-order valence-corrected chi connectivity index (χ2v) is 6.86. The molecule has 0 saturated heterocycles. The second kappa shape index (κ2) is 11.6. The Kier molecular flexibility index (Phi) is 8.81. The molecule has 0 heterocycles. The first-order chi connectivity index (χ1) is 14.4. The van der Waals surface area contributed by atoms with E-state index in [2.05, 4.69) is 5.32 Å². The lowest BCUT2D eigenvalue weighted by Gasteiger charge is -2.24. The van der Waals surface area contributed by atoms with Crippen LogP contribution in [0.15, 0.2) is 60.3 Å². The van der Waals surface area contributed by atoms with E-state index in [1.165, 1.54) is 6.92 Å². The number of esters is 1. The molecule has 0 aliphatic carbocycles. The fourth-order valence-electron chi connectivity index (χ4n) is 2.93. The van der Waals surface area contributed by atoms with E-state index < -0.39 is 0 Å². The highest BCUT2D eigenvalue weighted by Crippen LogP contribution is 2.15. The van der Waals surface area contributed by atoms with Gasteiger partial charge in [-0.3, -0.25) is 14.4 Å². The van der Waals surface area contributed by atoms with E-state index in [4.69, 9.17) is 4.74 Å². The molecule has 0 spiro atoms. The van der Waals surface area contributed by atoms with Crippen LogP contribution in [0, 0.1) is 6.92 Å². The second-order valence-electron chi connectivity index (χ2n) is 6.86. The van der Waals surface area contributed by atoms with E-state index in [0.29, 0.717) is 6.54 Å². The van der Waals surface area contributed by atoms with E-state index in [1.807, 2.05) is 61.5 Å². The van der Waals surface area contributed by atoms with Gasteiger partial charge in [0.2, 0.25) is 5.91 Å². The number of aryl methyl sites for hydroxylation is 1. The average Bonchev–Trinajstić information content (AvgIpc) is 2.72. The molecule has 0 saturated carbocycles. The van der Waals surface area contributed by atoms with Crippen molar-refractivity contribution in [3.63, 3.8) is 0 Å². The first-order valence-corrected chi connectivity index (χ1v) is 9.94. The maximum Gasteiger partial charge on any atom is 0.307 e. The van der Waals surface area contributed by atoms with Crippen LogP contribution in [-0.4, -0.2) is 35.8 Å². The molecule has 0 radical (unpaired) electrons. The predicted octanol–water partition coefficient (Wildman–Crippen LogP) is 3.45. The highest BCUT2D eigenvalue weighted by atomic mass is 16.5. The van der Waals surface area contributed by atoms with Gasteiger partial charge in [0.25, 0.3) is 5.91 Å². The zero-order chi connectivity index (χ0) is 21.9. The summed E-state index contributed by atoms with van der Waals surface area (Å²) < 4.78 is 5.00. The number of hydrogen-bond donors (Lipinski definition) is 1. The van der Waals surface area contributed by atoms with Crippen molar-refractivity contribution in [1.29, 1.82) is 0 Å². The van der Waals surface area contributed by atoms with Gasteiger partial charge in [0, 0.05) is 20.0 Å². The van der Waals surface area contributed by atoms with Crippen molar-refractivity contribution in [1.82, 2.24) is 10.2 Å². The van der Waals surface area contributed by atoms with Gasteiger partial charge in [-0.05, 0) is 36.6 Å². The lowest BCUT2D eigenvalue weighted by atomic mass is 10.1. The fourth-order valence-corrected chi connectivity index (χ4v) is 2.93. The number of nitrogens with zero attached hydrogens (tertiary/aromatic N) is 1. The molecule has 2 amide bonds. The molecule has 2 rings (SSSR count). The predicted molar refractivity (Wildman–Crippen MR) is 116 cm³/mol. The quantitative estimate of drug-likeness (QED) is 0.509. The van der Waals surface area contributed by atoms with Crippen LogP contribution >= 0.6 is 0 Å². The molecule has 0 aliphatic rings. The minimum absolute atomic E-state index is 0.0735. The number of nitrogens with one attached hydrogen (secondary N) is 1. The highest BCUT2D eigenvalue weighted by Gasteiger charge is 2.21. The molecule has 0 fully saturated rings.